The molecule has 0 aliphatic heterocycles. The van der Waals surface area contributed by atoms with Crippen LogP contribution < -0.4 is 10.6 Å². The predicted octanol–water partition coefficient (Wildman–Crippen LogP) is 2.76. The quantitative estimate of drug-likeness (QED) is 0.790. The molecular weight excluding hydrogens is 272 g/mol. The second-order valence-electron chi connectivity index (χ2n) is 5.42. The van der Waals surface area contributed by atoms with Gasteiger partial charge in [0.05, 0.1) is 17.5 Å². The highest BCUT2D eigenvalue weighted by Gasteiger charge is 2.37. The highest BCUT2D eigenvalue weighted by atomic mass is 32.1. The van der Waals surface area contributed by atoms with Crippen LogP contribution in [0, 0.1) is 6.92 Å². The van der Waals surface area contributed by atoms with Crippen molar-refractivity contribution in [2.24, 2.45) is 0 Å². The lowest BCUT2D eigenvalue weighted by Crippen LogP contribution is -2.48. The largest absolute Gasteiger partial charge is 0.394 e. The molecule has 0 aromatic carbocycles. The third-order valence-corrected chi connectivity index (χ3v) is 4.79. The maximum absolute atomic E-state index is 9.63. The van der Waals surface area contributed by atoms with Gasteiger partial charge in [-0.25, -0.2) is 4.98 Å². The molecule has 6 heteroatoms. The predicted molar refractivity (Wildman–Crippen MR) is 83.6 cm³/mol. The van der Waals surface area contributed by atoms with Crippen LogP contribution in [0.3, 0.4) is 0 Å². The van der Waals surface area contributed by atoms with Crippen molar-refractivity contribution in [3.63, 3.8) is 0 Å². The Morgan fingerprint density at radius 2 is 2.20 bits per heavy atom. The van der Waals surface area contributed by atoms with E-state index in [1.165, 1.54) is 4.88 Å². The van der Waals surface area contributed by atoms with Gasteiger partial charge < -0.3 is 15.7 Å². The van der Waals surface area contributed by atoms with Crippen LogP contribution in [0.5, 0.6) is 0 Å². The topological polar surface area (TPSA) is 70.1 Å². The number of hydrogen-bond donors (Lipinski definition) is 3. The van der Waals surface area contributed by atoms with Crippen LogP contribution >= 0.6 is 11.3 Å². The molecule has 1 aliphatic rings. The number of hydrogen-bond acceptors (Lipinski definition) is 6. The molecule has 20 heavy (non-hydrogen) atoms. The molecule has 108 valence electrons. The Balaban J connectivity index is 2.02. The van der Waals surface area contributed by atoms with Crippen molar-refractivity contribution in [1.29, 1.82) is 0 Å². The molecule has 1 saturated carbocycles. The van der Waals surface area contributed by atoms with E-state index in [1.54, 1.807) is 11.3 Å². The molecule has 2 aromatic heterocycles. The zero-order chi connectivity index (χ0) is 14.2. The minimum atomic E-state index is -0.194. The van der Waals surface area contributed by atoms with Crippen LogP contribution in [0.2, 0.25) is 0 Å². The molecular formula is C14H20N4OS. The number of aliphatic hydroxyl groups excluding tert-OH is 1. The Hall–Kier alpha value is -1.40. The Kier molecular flexibility index (Phi) is 3.52. The summed E-state index contributed by atoms with van der Waals surface area (Å²) in [4.78, 5) is 11.3. The highest BCUT2D eigenvalue weighted by molar-refractivity contribution is 7.18. The first-order valence-electron chi connectivity index (χ1n) is 7.07. The zero-order valence-electron chi connectivity index (χ0n) is 11.9. The van der Waals surface area contributed by atoms with E-state index in [9.17, 15) is 5.11 Å². The van der Waals surface area contributed by atoms with Crippen molar-refractivity contribution in [3.8, 4) is 0 Å². The van der Waals surface area contributed by atoms with E-state index in [0.29, 0.717) is 5.95 Å². The minimum absolute atomic E-state index is 0.151. The molecule has 0 radical (unpaired) electrons. The molecule has 0 amide bonds. The molecule has 0 bridgehead atoms. The number of anilines is 2. The van der Waals surface area contributed by atoms with E-state index in [0.717, 1.165) is 41.8 Å². The Morgan fingerprint density at radius 3 is 2.80 bits per heavy atom. The van der Waals surface area contributed by atoms with E-state index in [-0.39, 0.29) is 12.1 Å². The summed E-state index contributed by atoms with van der Waals surface area (Å²) in [6, 6.07) is 2.11. The van der Waals surface area contributed by atoms with Gasteiger partial charge >= 0.3 is 0 Å². The summed E-state index contributed by atoms with van der Waals surface area (Å²) < 4.78 is 0. The van der Waals surface area contributed by atoms with Crippen molar-refractivity contribution in [3.05, 3.63) is 10.9 Å². The molecule has 0 atom stereocenters. The molecule has 0 saturated heterocycles. The zero-order valence-corrected chi connectivity index (χ0v) is 12.7. The lowest BCUT2D eigenvalue weighted by atomic mass is 9.77. The van der Waals surface area contributed by atoms with Crippen LogP contribution in [0.15, 0.2) is 6.07 Å². The van der Waals surface area contributed by atoms with Gasteiger partial charge in [-0.15, -0.1) is 11.3 Å². The van der Waals surface area contributed by atoms with Gasteiger partial charge in [0.25, 0.3) is 0 Å². The van der Waals surface area contributed by atoms with Crippen LogP contribution in [-0.2, 0) is 0 Å². The third-order valence-electron chi connectivity index (χ3n) is 3.85. The summed E-state index contributed by atoms with van der Waals surface area (Å²) in [6.45, 7) is 5.05. The fourth-order valence-corrected chi connectivity index (χ4v) is 3.43. The molecule has 3 rings (SSSR count). The standard InChI is InChI=1S/C14H20N4OS/c1-3-15-13-16-11(18-14(8-19)5-4-6-14)10-7-9(2)20-12(10)17-13/h7,19H,3-6,8H2,1-2H3,(H2,15,16,17,18). The molecule has 0 spiro atoms. The van der Waals surface area contributed by atoms with Gasteiger partial charge in [0, 0.05) is 11.4 Å². The normalized spacial score (nSPS) is 16.9. The monoisotopic (exact) mass is 292 g/mol. The van der Waals surface area contributed by atoms with Crippen LogP contribution in [0.25, 0.3) is 10.2 Å². The first-order chi connectivity index (χ1) is 9.65. The summed E-state index contributed by atoms with van der Waals surface area (Å²) in [7, 11) is 0. The third kappa shape index (κ3) is 2.33. The van der Waals surface area contributed by atoms with Gasteiger partial charge in [-0.1, -0.05) is 0 Å². The van der Waals surface area contributed by atoms with Gasteiger partial charge in [0.2, 0.25) is 5.95 Å². The van der Waals surface area contributed by atoms with Crippen molar-refractivity contribution in [2.75, 3.05) is 23.8 Å². The summed E-state index contributed by atoms with van der Waals surface area (Å²) in [5, 5.41) is 17.3. The first kappa shape index (κ1) is 13.6. The average molecular weight is 292 g/mol. The van der Waals surface area contributed by atoms with Gasteiger partial charge in [-0.3, -0.25) is 0 Å². The number of fused-ring (bicyclic) bond motifs is 1. The number of nitrogens with one attached hydrogen (secondary N) is 2. The number of aliphatic hydroxyl groups is 1. The Bertz CT molecular complexity index is 615. The summed E-state index contributed by atoms with van der Waals surface area (Å²) in [6.07, 6.45) is 3.15. The summed E-state index contributed by atoms with van der Waals surface area (Å²) in [5.41, 5.74) is -0.194. The van der Waals surface area contributed by atoms with Crippen LogP contribution in [-0.4, -0.2) is 33.8 Å². The van der Waals surface area contributed by atoms with Gasteiger partial charge in [-0.2, -0.15) is 4.98 Å². The smallest absolute Gasteiger partial charge is 0.226 e. The van der Waals surface area contributed by atoms with E-state index in [2.05, 4.69) is 33.6 Å². The highest BCUT2D eigenvalue weighted by Crippen LogP contribution is 2.37. The number of aromatic nitrogens is 2. The number of thiophene rings is 1. The molecule has 2 heterocycles. The summed E-state index contributed by atoms with van der Waals surface area (Å²) in [5.74, 6) is 1.49. The maximum atomic E-state index is 9.63. The molecule has 1 fully saturated rings. The lowest BCUT2D eigenvalue weighted by Gasteiger charge is -2.41. The van der Waals surface area contributed by atoms with E-state index in [4.69, 9.17) is 0 Å². The lowest BCUT2D eigenvalue weighted by molar-refractivity contribution is 0.144. The SMILES string of the molecule is CCNc1nc(NC2(CO)CCC2)c2cc(C)sc2n1. The number of nitrogens with zero attached hydrogens (tertiary/aromatic N) is 2. The Labute approximate surface area is 122 Å². The molecule has 2 aromatic rings. The van der Waals surface area contributed by atoms with E-state index >= 15 is 0 Å². The van der Waals surface area contributed by atoms with E-state index < -0.39 is 0 Å². The fourth-order valence-electron chi connectivity index (χ4n) is 2.55. The molecule has 0 unspecified atom stereocenters. The van der Waals surface area contributed by atoms with Crippen LogP contribution in [0.4, 0.5) is 11.8 Å². The van der Waals surface area contributed by atoms with Gasteiger partial charge in [0.1, 0.15) is 10.6 Å². The van der Waals surface area contributed by atoms with E-state index in [1.807, 2.05) is 6.92 Å². The first-order valence-corrected chi connectivity index (χ1v) is 7.88. The van der Waals surface area contributed by atoms with Gasteiger partial charge in [0.15, 0.2) is 0 Å². The van der Waals surface area contributed by atoms with Crippen LogP contribution in [0.1, 0.15) is 31.1 Å². The van der Waals surface area contributed by atoms with Crippen molar-refractivity contribution < 1.29 is 5.11 Å². The maximum Gasteiger partial charge on any atom is 0.226 e. The molecule has 3 N–H and O–H groups in total. The van der Waals surface area contributed by atoms with Crippen molar-refractivity contribution >= 4 is 33.3 Å². The average Bonchev–Trinajstić information content (AvgIpc) is 2.74. The molecule has 1 aliphatic carbocycles. The summed E-state index contributed by atoms with van der Waals surface area (Å²) >= 11 is 1.67. The van der Waals surface area contributed by atoms with Gasteiger partial charge in [-0.05, 0) is 39.2 Å². The number of rotatable bonds is 5. The molecule has 5 nitrogen and oxygen atoms in total. The van der Waals surface area contributed by atoms with Crippen molar-refractivity contribution in [1.82, 2.24) is 9.97 Å². The Morgan fingerprint density at radius 1 is 1.40 bits per heavy atom. The second-order valence-corrected chi connectivity index (χ2v) is 6.65. The minimum Gasteiger partial charge on any atom is -0.394 e. The van der Waals surface area contributed by atoms with Crippen molar-refractivity contribution in [2.45, 2.75) is 38.6 Å². The second kappa shape index (κ2) is 5.18. The number of aryl methyl sites for hydroxylation is 1. The fraction of sp³-hybridized carbons (Fsp3) is 0.571.